The minimum absolute atomic E-state index is 0.0218. The molecule has 3 aromatic carbocycles. The summed E-state index contributed by atoms with van der Waals surface area (Å²) in [5.41, 5.74) is 2.74. The van der Waals surface area contributed by atoms with Gasteiger partial charge in [0.15, 0.2) is 0 Å². The molecule has 5 nitrogen and oxygen atoms in total. The smallest absolute Gasteiger partial charge is 0.396 e. The van der Waals surface area contributed by atoms with E-state index in [1.54, 1.807) is 0 Å². The van der Waals surface area contributed by atoms with E-state index in [1.807, 2.05) is 0 Å². The molecule has 0 spiro atoms. The number of rotatable bonds is 5. The van der Waals surface area contributed by atoms with Crippen molar-refractivity contribution in [2.24, 2.45) is 5.92 Å². The largest absolute Gasteiger partial charge is 0.419 e. The van der Waals surface area contributed by atoms with Crippen molar-refractivity contribution in [3.8, 4) is 0 Å². The number of carbonyl (C=O) groups excluding carboxylic acids is 2. The quantitative estimate of drug-likeness (QED) is 0.166. The van der Waals surface area contributed by atoms with Crippen LogP contribution in [0.25, 0.3) is 0 Å². The van der Waals surface area contributed by atoms with Crippen LogP contribution < -0.4 is 16.4 Å². The Balaban J connectivity index is 1.53. The van der Waals surface area contributed by atoms with Crippen LogP contribution >= 0.6 is 34.8 Å². The maximum Gasteiger partial charge on any atom is 0.419 e. The minimum atomic E-state index is -4.98. The standard InChI is InChI=1S/C24H14Cl3F6N3O2/c25-13-3-2-10(6-11(13)21(37)36-18-8-17(34)15(29)7-16(18)30)35-22(38)20-19(23(20,26)27)9-1-4-14(28)12(5-9)24(31,32)33/h1-8,19-20H,34H2,(H,35,38)(H,36,37)/t19-,20?/m0/s1. The van der Waals surface area contributed by atoms with E-state index in [0.29, 0.717) is 18.2 Å². The van der Waals surface area contributed by atoms with Gasteiger partial charge in [-0.3, -0.25) is 9.59 Å². The van der Waals surface area contributed by atoms with Gasteiger partial charge in [0.1, 0.15) is 21.8 Å². The third-order valence-electron chi connectivity index (χ3n) is 5.80. The molecule has 4 N–H and O–H groups in total. The average Bonchev–Trinajstić information content (AvgIpc) is 3.40. The Hall–Kier alpha value is -3.15. The first-order valence-corrected chi connectivity index (χ1v) is 11.7. The molecule has 2 atom stereocenters. The van der Waals surface area contributed by atoms with Gasteiger partial charge >= 0.3 is 6.18 Å². The van der Waals surface area contributed by atoms with Crippen LogP contribution in [-0.2, 0) is 11.0 Å². The summed E-state index contributed by atoms with van der Waals surface area (Å²) < 4.78 is 78.6. The lowest BCUT2D eigenvalue weighted by Gasteiger charge is -2.11. The minimum Gasteiger partial charge on any atom is -0.396 e. The Kier molecular flexibility index (Phi) is 7.24. The van der Waals surface area contributed by atoms with E-state index in [4.69, 9.17) is 40.5 Å². The molecule has 14 heteroatoms. The van der Waals surface area contributed by atoms with Crippen molar-refractivity contribution in [3.05, 3.63) is 87.7 Å². The lowest BCUT2D eigenvalue weighted by atomic mass is 10.0. The number of halogens is 9. The van der Waals surface area contributed by atoms with E-state index in [-0.39, 0.29) is 21.8 Å². The molecular formula is C24H14Cl3F6N3O2. The zero-order valence-corrected chi connectivity index (χ0v) is 20.8. The molecule has 0 aliphatic heterocycles. The SMILES string of the molecule is Nc1cc(NC(=O)c2cc(NC(=O)C3[C@H](c4ccc(F)c(C(F)(F)F)c4)C3(Cl)Cl)ccc2Cl)c(F)cc1F. The summed E-state index contributed by atoms with van der Waals surface area (Å²) in [5, 5.41) is 4.55. The number of carbonyl (C=O) groups is 2. The van der Waals surface area contributed by atoms with E-state index in [2.05, 4.69) is 10.6 Å². The number of hydrogen-bond donors (Lipinski definition) is 3. The fourth-order valence-electron chi connectivity index (χ4n) is 3.87. The molecule has 200 valence electrons. The van der Waals surface area contributed by atoms with Crippen LogP contribution in [0.5, 0.6) is 0 Å². The monoisotopic (exact) mass is 595 g/mol. The number of anilines is 3. The molecule has 0 bridgehead atoms. The first kappa shape index (κ1) is 27.9. The summed E-state index contributed by atoms with van der Waals surface area (Å²) in [5.74, 6) is -7.64. The first-order valence-electron chi connectivity index (χ1n) is 10.5. The molecular weight excluding hydrogens is 583 g/mol. The Bertz CT molecular complexity index is 1470. The van der Waals surface area contributed by atoms with E-state index < -0.39 is 68.5 Å². The molecule has 1 unspecified atom stereocenters. The van der Waals surface area contributed by atoms with Crippen molar-refractivity contribution < 1.29 is 35.9 Å². The molecule has 1 fully saturated rings. The highest BCUT2D eigenvalue weighted by Crippen LogP contribution is 2.65. The van der Waals surface area contributed by atoms with E-state index >= 15 is 0 Å². The topological polar surface area (TPSA) is 84.2 Å². The van der Waals surface area contributed by atoms with Gasteiger partial charge in [0.25, 0.3) is 5.91 Å². The molecule has 0 heterocycles. The number of nitrogens with two attached hydrogens (primary N) is 1. The zero-order valence-electron chi connectivity index (χ0n) is 18.6. The Morgan fingerprint density at radius 3 is 2.24 bits per heavy atom. The number of hydrogen-bond acceptors (Lipinski definition) is 3. The average molecular weight is 597 g/mol. The fraction of sp³-hybridized carbons (Fsp3) is 0.167. The van der Waals surface area contributed by atoms with Gasteiger partial charge in [0.2, 0.25) is 5.91 Å². The van der Waals surface area contributed by atoms with Crippen molar-refractivity contribution in [2.75, 3.05) is 16.4 Å². The molecule has 2 amide bonds. The van der Waals surface area contributed by atoms with Crippen molar-refractivity contribution in [1.82, 2.24) is 0 Å². The predicted molar refractivity (Wildman–Crippen MR) is 131 cm³/mol. The van der Waals surface area contributed by atoms with E-state index in [9.17, 15) is 35.9 Å². The van der Waals surface area contributed by atoms with Crippen LogP contribution in [0.2, 0.25) is 5.02 Å². The van der Waals surface area contributed by atoms with Gasteiger partial charge in [-0.2, -0.15) is 13.2 Å². The summed E-state index contributed by atoms with van der Waals surface area (Å²) >= 11 is 18.4. The van der Waals surface area contributed by atoms with Gasteiger partial charge < -0.3 is 16.4 Å². The molecule has 0 radical (unpaired) electrons. The summed E-state index contributed by atoms with van der Waals surface area (Å²) in [4.78, 5) is 25.6. The van der Waals surface area contributed by atoms with Crippen molar-refractivity contribution in [2.45, 2.75) is 16.4 Å². The second kappa shape index (κ2) is 9.87. The van der Waals surface area contributed by atoms with E-state index in [1.165, 1.54) is 12.1 Å². The second-order valence-electron chi connectivity index (χ2n) is 8.36. The highest BCUT2D eigenvalue weighted by atomic mass is 35.5. The maximum absolute atomic E-state index is 14.0. The van der Waals surface area contributed by atoms with Gasteiger partial charge in [-0.25, -0.2) is 13.2 Å². The summed E-state index contributed by atoms with van der Waals surface area (Å²) in [6, 6.07) is 7.25. The normalized spacial score (nSPS) is 18.1. The number of benzene rings is 3. The molecule has 0 aromatic heterocycles. The van der Waals surface area contributed by atoms with Gasteiger partial charge in [0, 0.05) is 17.7 Å². The predicted octanol–water partition coefficient (Wildman–Crippen LogP) is 7.14. The molecule has 1 aliphatic carbocycles. The summed E-state index contributed by atoms with van der Waals surface area (Å²) in [6.45, 7) is 0. The fourth-order valence-corrected chi connectivity index (χ4v) is 4.90. The zero-order chi connectivity index (χ0) is 28.2. The highest BCUT2D eigenvalue weighted by molar-refractivity contribution is 6.53. The first-order chi connectivity index (χ1) is 17.6. The van der Waals surface area contributed by atoms with Gasteiger partial charge in [-0.1, -0.05) is 17.7 Å². The molecule has 0 saturated heterocycles. The van der Waals surface area contributed by atoms with Gasteiger partial charge in [-0.05, 0) is 42.0 Å². The van der Waals surface area contributed by atoms with Gasteiger partial charge in [0.05, 0.1) is 33.4 Å². The number of amides is 2. The number of alkyl halides is 5. The van der Waals surface area contributed by atoms with Crippen molar-refractivity contribution in [1.29, 1.82) is 0 Å². The lowest BCUT2D eigenvalue weighted by molar-refractivity contribution is -0.140. The highest BCUT2D eigenvalue weighted by Gasteiger charge is 2.67. The third-order valence-corrected chi connectivity index (χ3v) is 7.07. The van der Waals surface area contributed by atoms with Gasteiger partial charge in [-0.15, -0.1) is 23.2 Å². The van der Waals surface area contributed by atoms with Crippen LogP contribution in [0.15, 0.2) is 48.5 Å². The van der Waals surface area contributed by atoms with Crippen molar-refractivity contribution >= 4 is 63.7 Å². The maximum atomic E-state index is 14.0. The molecule has 38 heavy (non-hydrogen) atoms. The summed E-state index contributed by atoms with van der Waals surface area (Å²) in [7, 11) is 0. The van der Waals surface area contributed by atoms with E-state index in [0.717, 1.165) is 18.2 Å². The van der Waals surface area contributed by atoms with Crippen LogP contribution in [-0.4, -0.2) is 16.1 Å². The Labute approximate surface area is 225 Å². The van der Waals surface area contributed by atoms with Crippen LogP contribution in [0.1, 0.15) is 27.4 Å². The molecule has 4 rings (SSSR count). The van der Waals surface area contributed by atoms with Crippen molar-refractivity contribution in [3.63, 3.8) is 0 Å². The lowest BCUT2D eigenvalue weighted by Crippen LogP contribution is -2.18. The number of nitrogen functional groups attached to an aromatic ring is 1. The number of nitrogens with one attached hydrogen (secondary N) is 2. The molecule has 1 saturated carbocycles. The Morgan fingerprint density at radius 2 is 1.58 bits per heavy atom. The van der Waals surface area contributed by atoms with Crippen LogP contribution in [0.3, 0.4) is 0 Å². The van der Waals surface area contributed by atoms with Crippen LogP contribution in [0, 0.1) is 23.4 Å². The second-order valence-corrected chi connectivity index (χ2v) is 10.2. The third kappa shape index (κ3) is 5.36. The Morgan fingerprint density at radius 1 is 0.895 bits per heavy atom. The molecule has 1 aliphatic rings. The summed E-state index contributed by atoms with van der Waals surface area (Å²) in [6.07, 6.45) is -4.98. The van der Waals surface area contributed by atoms with Crippen LogP contribution in [0.4, 0.5) is 43.4 Å². The molecule has 3 aromatic rings.